The summed E-state index contributed by atoms with van der Waals surface area (Å²) in [5.74, 6) is 0. The summed E-state index contributed by atoms with van der Waals surface area (Å²) in [4.78, 5) is 0. The fraction of sp³-hybridized carbons (Fsp3) is 1.00. The molecule has 1 fully saturated rings. The molecule has 54 valence electrons. The second-order valence-corrected chi connectivity index (χ2v) is 3.38. The minimum Gasteiger partial charge on any atom is -0.373 e. The Bertz CT molecular complexity index is 89.6. The summed E-state index contributed by atoms with van der Waals surface area (Å²) in [6.45, 7) is 7.79. The van der Waals surface area contributed by atoms with Crippen LogP contribution >= 0.6 is 0 Å². The van der Waals surface area contributed by atoms with E-state index in [9.17, 15) is 0 Å². The van der Waals surface area contributed by atoms with Gasteiger partial charge in [-0.05, 0) is 20.8 Å². The first kappa shape index (κ1) is 7.03. The van der Waals surface area contributed by atoms with Crippen molar-refractivity contribution in [3.05, 3.63) is 0 Å². The molecular formula is C7H14O2. The van der Waals surface area contributed by atoms with Crippen LogP contribution in [0.5, 0.6) is 0 Å². The minimum atomic E-state index is -0.00799. The molecule has 0 aliphatic carbocycles. The Labute approximate surface area is 56.2 Å². The van der Waals surface area contributed by atoms with Gasteiger partial charge in [-0.2, -0.15) is 0 Å². The van der Waals surface area contributed by atoms with Crippen LogP contribution in [0.1, 0.15) is 20.8 Å². The van der Waals surface area contributed by atoms with Crippen molar-refractivity contribution in [2.75, 3.05) is 13.2 Å². The summed E-state index contributed by atoms with van der Waals surface area (Å²) < 4.78 is 10.4. The molecule has 0 aromatic carbocycles. The van der Waals surface area contributed by atoms with Crippen LogP contribution in [0.15, 0.2) is 0 Å². The third kappa shape index (κ3) is 3.49. The predicted molar refractivity (Wildman–Crippen MR) is 35.4 cm³/mol. The molecule has 0 aromatic heterocycles. The first-order chi connectivity index (χ1) is 4.08. The maximum absolute atomic E-state index is 5.43. The van der Waals surface area contributed by atoms with Gasteiger partial charge in [0.25, 0.3) is 0 Å². The molecule has 1 aliphatic rings. The molecule has 0 unspecified atom stereocenters. The van der Waals surface area contributed by atoms with E-state index in [2.05, 4.69) is 20.8 Å². The van der Waals surface area contributed by atoms with Crippen LogP contribution in [0.2, 0.25) is 0 Å². The normalized spacial score (nSPS) is 26.3. The van der Waals surface area contributed by atoms with Crippen LogP contribution in [0.25, 0.3) is 0 Å². The lowest BCUT2D eigenvalue weighted by molar-refractivity contribution is -0.0104. The zero-order chi connectivity index (χ0) is 6.91. The first-order valence-electron chi connectivity index (χ1n) is 3.33. The van der Waals surface area contributed by atoms with E-state index in [1.54, 1.807) is 0 Å². The topological polar surface area (TPSA) is 21.8 Å². The zero-order valence-corrected chi connectivity index (χ0v) is 6.31. The lowest BCUT2D eigenvalue weighted by Gasteiger charge is -2.18. The monoisotopic (exact) mass is 130 g/mol. The molecular weight excluding hydrogens is 116 g/mol. The van der Waals surface area contributed by atoms with E-state index in [0.29, 0.717) is 6.10 Å². The highest BCUT2D eigenvalue weighted by Crippen LogP contribution is 2.14. The highest BCUT2D eigenvalue weighted by Gasteiger charge is 2.24. The minimum absolute atomic E-state index is 0.00799. The molecule has 2 nitrogen and oxygen atoms in total. The standard InChI is InChI=1S/C7H14O2/c1-7(2,3)9-5-6-4-8-6/h6H,4-5H2,1-3H3/t6-/m1/s1. The van der Waals surface area contributed by atoms with Crippen LogP contribution in [0.4, 0.5) is 0 Å². The first-order valence-corrected chi connectivity index (χ1v) is 3.33. The van der Waals surface area contributed by atoms with Gasteiger partial charge >= 0.3 is 0 Å². The zero-order valence-electron chi connectivity index (χ0n) is 6.31. The average molecular weight is 130 g/mol. The van der Waals surface area contributed by atoms with Gasteiger partial charge in [-0.25, -0.2) is 0 Å². The van der Waals surface area contributed by atoms with Crippen molar-refractivity contribution in [3.8, 4) is 0 Å². The lowest BCUT2D eigenvalue weighted by Crippen LogP contribution is -2.21. The number of hydrogen-bond acceptors (Lipinski definition) is 2. The molecule has 1 heterocycles. The van der Waals surface area contributed by atoms with Gasteiger partial charge in [-0.15, -0.1) is 0 Å². The Hall–Kier alpha value is -0.0800. The predicted octanol–water partition coefficient (Wildman–Crippen LogP) is 1.20. The number of epoxide rings is 1. The number of ether oxygens (including phenoxy) is 2. The molecule has 1 aliphatic heterocycles. The van der Waals surface area contributed by atoms with Crippen LogP contribution < -0.4 is 0 Å². The Morgan fingerprint density at radius 1 is 1.56 bits per heavy atom. The van der Waals surface area contributed by atoms with E-state index in [1.165, 1.54) is 0 Å². The molecule has 0 N–H and O–H groups in total. The molecule has 0 bridgehead atoms. The van der Waals surface area contributed by atoms with Crippen LogP contribution in [-0.2, 0) is 9.47 Å². The largest absolute Gasteiger partial charge is 0.373 e. The van der Waals surface area contributed by atoms with E-state index in [1.807, 2.05) is 0 Å². The maximum atomic E-state index is 5.43. The summed E-state index contributed by atoms with van der Waals surface area (Å²) in [5, 5.41) is 0. The van der Waals surface area contributed by atoms with E-state index < -0.39 is 0 Å². The average Bonchev–Trinajstić information content (AvgIpc) is 2.38. The fourth-order valence-corrected chi connectivity index (χ4v) is 0.507. The quantitative estimate of drug-likeness (QED) is 0.524. The molecule has 0 saturated carbocycles. The van der Waals surface area contributed by atoms with Crippen molar-refractivity contribution < 1.29 is 9.47 Å². The Kier molecular flexibility index (Phi) is 1.78. The third-order valence-electron chi connectivity index (χ3n) is 1.10. The van der Waals surface area contributed by atoms with E-state index in [0.717, 1.165) is 13.2 Å². The van der Waals surface area contributed by atoms with Gasteiger partial charge in [-0.1, -0.05) is 0 Å². The Morgan fingerprint density at radius 3 is 2.44 bits per heavy atom. The SMILES string of the molecule is CC(C)(C)OC[C@H]1CO1. The molecule has 2 heteroatoms. The van der Waals surface area contributed by atoms with Gasteiger partial charge in [0.2, 0.25) is 0 Å². The van der Waals surface area contributed by atoms with Crippen LogP contribution in [-0.4, -0.2) is 24.9 Å². The summed E-state index contributed by atoms with van der Waals surface area (Å²) in [7, 11) is 0. The molecule has 9 heavy (non-hydrogen) atoms. The highest BCUT2D eigenvalue weighted by atomic mass is 16.6. The van der Waals surface area contributed by atoms with Gasteiger partial charge in [0, 0.05) is 0 Å². The Balaban J connectivity index is 2.03. The van der Waals surface area contributed by atoms with Crippen molar-refractivity contribution in [2.24, 2.45) is 0 Å². The van der Waals surface area contributed by atoms with E-state index in [4.69, 9.17) is 9.47 Å². The van der Waals surface area contributed by atoms with Gasteiger partial charge in [0.15, 0.2) is 0 Å². The Morgan fingerprint density at radius 2 is 2.11 bits per heavy atom. The second kappa shape index (κ2) is 2.27. The van der Waals surface area contributed by atoms with Gasteiger partial charge in [0.05, 0.1) is 18.8 Å². The molecule has 1 saturated heterocycles. The van der Waals surface area contributed by atoms with Crippen molar-refractivity contribution in [1.29, 1.82) is 0 Å². The summed E-state index contributed by atoms with van der Waals surface area (Å²) in [6, 6.07) is 0. The summed E-state index contributed by atoms with van der Waals surface area (Å²) in [5.41, 5.74) is -0.00799. The lowest BCUT2D eigenvalue weighted by atomic mass is 10.2. The van der Waals surface area contributed by atoms with Crippen molar-refractivity contribution >= 4 is 0 Å². The third-order valence-corrected chi connectivity index (χ3v) is 1.10. The molecule has 1 rings (SSSR count). The van der Waals surface area contributed by atoms with Gasteiger partial charge < -0.3 is 9.47 Å². The molecule has 0 amide bonds. The van der Waals surface area contributed by atoms with Crippen molar-refractivity contribution in [1.82, 2.24) is 0 Å². The van der Waals surface area contributed by atoms with Crippen LogP contribution in [0, 0.1) is 0 Å². The molecule has 0 aromatic rings. The maximum Gasteiger partial charge on any atom is 0.104 e. The van der Waals surface area contributed by atoms with Gasteiger partial charge in [-0.3, -0.25) is 0 Å². The second-order valence-electron chi connectivity index (χ2n) is 3.38. The smallest absolute Gasteiger partial charge is 0.104 e. The fourth-order valence-electron chi connectivity index (χ4n) is 0.507. The molecule has 1 atom stereocenters. The van der Waals surface area contributed by atoms with Crippen molar-refractivity contribution in [2.45, 2.75) is 32.5 Å². The molecule has 0 spiro atoms. The number of rotatable bonds is 2. The van der Waals surface area contributed by atoms with Gasteiger partial charge in [0.1, 0.15) is 6.10 Å². The van der Waals surface area contributed by atoms with E-state index >= 15 is 0 Å². The van der Waals surface area contributed by atoms with Crippen LogP contribution in [0.3, 0.4) is 0 Å². The van der Waals surface area contributed by atoms with E-state index in [-0.39, 0.29) is 5.60 Å². The van der Waals surface area contributed by atoms with Crippen molar-refractivity contribution in [3.63, 3.8) is 0 Å². The molecule has 0 radical (unpaired) electrons. The summed E-state index contributed by atoms with van der Waals surface area (Å²) in [6.07, 6.45) is 0.393. The highest BCUT2D eigenvalue weighted by molar-refractivity contribution is 4.70. The summed E-state index contributed by atoms with van der Waals surface area (Å²) >= 11 is 0. The number of hydrogen-bond donors (Lipinski definition) is 0.